The van der Waals surface area contributed by atoms with Crippen molar-refractivity contribution in [1.82, 2.24) is 0 Å². The first-order valence-corrected chi connectivity index (χ1v) is 45.0. The normalized spacial score (nSPS) is 14.9. The standard InChI is InChI=1S/C93H146O17P2/c1-5-9-13-17-21-25-29-33-37-40-43-46-50-53-57-61-65-69-73-77-90(95)103-83-88(109-92(97)79-75-71-67-63-59-55-49-36-32-28-24-20-16-12-8-4)85-107-111(99,100)105-81-87(94)82-106-112(101,102)108-86-89(110-93(98)80-76-72-68-64-60-56-52-48-45-42-39-35-31-27-23-19-15-11-7-3)84-104-91(96)78-74-70-66-62-58-54-51-47-44-41-38-34-30-26-22-18-14-10-6-2/h9-11,13-15,21-28,33-39,43-49,53-54,56-58,60,66,70,87-89,94H,5-8,12,16-20,29-32,40-42,50-52,55,59,61-65,67-69,71-86H2,1-4H3,(H,99,100)(H,101,102)/b13-9-,14-10-,15-11-,25-21-,26-22-,27-23-,28-24-,37-33-,38-34-,39-35-,46-43-,47-44-,48-45-,49-36-,57-53-,58-54-,60-56-,70-66-. The Labute approximate surface area is 677 Å². The number of ether oxygens (including phenoxy) is 4. The molecule has 0 amide bonds. The lowest BCUT2D eigenvalue weighted by Gasteiger charge is -2.21. The maximum atomic E-state index is 13.1. The Bertz CT molecular complexity index is 2990. The zero-order valence-electron chi connectivity index (χ0n) is 69.0. The number of carbonyl (C=O) groups excluding carboxylic acids is 4. The van der Waals surface area contributed by atoms with Crippen molar-refractivity contribution in [3.63, 3.8) is 0 Å². The van der Waals surface area contributed by atoms with Crippen LogP contribution in [0.2, 0.25) is 0 Å². The van der Waals surface area contributed by atoms with E-state index in [2.05, 4.69) is 228 Å². The van der Waals surface area contributed by atoms with Gasteiger partial charge in [0.1, 0.15) is 19.3 Å². The average Bonchev–Trinajstić information content (AvgIpc) is 0.898. The van der Waals surface area contributed by atoms with Gasteiger partial charge in [-0.15, -0.1) is 0 Å². The minimum atomic E-state index is -5.02. The summed E-state index contributed by atoms with van der Waals surface area (Å²) in [5.41, 5.74) is 0. The summed E-state index contributed by atoms with van der Waals surface area (Å²) in [5.74, 6) is -2.39. The van der Waals surface area contributed by atoms with Gasteiger partial charge in [-0.05, 0) is 186 Å². The van der Waals surface area contributed by atoms with Crippen LogP contribution in [0.5, 0.6) is 0 Å². The second kappa shape index (κ2) is 82.4. The maximum Gasteiger partial charge on any atom is 0.472 e. The van der Waals surface area contributed by atoms with Gasteiger partial charge in [-0.1, -0.05) is 291 Å². The van der Waals surface area contributed by atoms with E-state index in [0.717, 1.165) is 180 Å². The van der Waals surface area contributed by atoms with Crippen LogP contribution < -0.4 is 0 Å². The van der Waals surface area contributed by atoms with Crippen LogP contribution in [0.25, 0.3) is 0 Å². The zero-order chi connectivity index (χ0) is 81.7. The lowest BCUT2D eigenvalue weighted by Crippen LogP contribution is -2.30. The lowest BCUT2D eigenvalue weighted by molar-refractivity contribution is -0.161. The van der Waals surface area contributed by atoms with Crippen molar-refractivity contribution in [2.24, 2.45) is 0 Å². The van der Waals surface area contributed by atoms with Gasteiger partial charge in [0.25, 0.3) is 0 Å². The number of unbranched alkanes of at least 4 members (excludes halogenated alkanes) is 14. The van der Waals surface area contributed by atoms with E-state index >= 15 is 0 Å². The van der Waals surface area contributed by atoms with Gasteiger partial charge >= 0.3 is 39.5 Å². The van der Waals surface area contributed by atoms with Crippen LogP contribution in [-0.4, -0.2) is 96.7 Å². The van der Waals surface area contributed by atoms with Crippen molar-refractivity contribution in [2.75, 3.05) is 39.6 Å². The van der Waals surface area contributed by atoms with Gasteiger partial charge in [0.15, 0.2) is 12.2 Å². The van der Waals surface area contributed by atoms with Gasteiger partial charge in [0, 0.05) is 25.7 Å². The molecular formula is C93H146O17P2. The molecule has 0 aromatic rings. The maximum absolute atomic E-state index is 13.1. The number of aliphatic hydroxyl groups excluding tert-OH is 1. The molecule has 630 valence electrons. The van der Waals surface area contributed by atoms with Crippen molar-refractivity contribution in [2.45, 2.75) is 303 Å². The molecule has 0 aliphatic rings. The van der Waals surface area contributed by atoms with Gasteiger partial charge in [-0.3, -0.25) is 37.3 Å². The summed E-state index contributed by atoms with van der Waals surface area (Å²) in [6.07, 6.45) is 105. The van der Waals surface area contributed by atoms with Gasteiger partial charge in [0.2, 0.25) is 0 Å². The van der Waals surface area contributed by atoms with Gasteiger partial charge in [0.05, 0.1) is 26.4 Å². The third-order valence-electron chi connectivity index (χ3n) is 16.4. The summed E-state index contributed by atoms with van der Waals surface area (Å²) in [7, 11) is -10.0. The molecule has 0 radical (unpaired) electrons. The third kappa shape index (κ3) is 81.4. The van der Waals surface area contributed by atoms with Gasteiger partial charge in [-0.2, -0.15) is 0 Å². The first kappa shape index (κ1) is 105. The molecule has 17 nitrogen and oxygen atoms in total. The number of phosphoric ester groups is 2. The largest absolute Gasteiger partial charge is 0.472 e. The Hall–Kier alpha value is -6.62. The molecule has 112 heavy (non-hydrogen) atoms. The van der Waals surface area contributed by atoms with Crippen molar-refractivity contribution < 1.29 is 80.2 Å². The molecule has 0 spiro atoms. The number of aliphatic hydroxyl groups is 1. The first-order chi connectivity index (χ1) is 54.7. The summed E-state index contributed by atoms with van der Waals surface area (Å²) in [6.45, 7) is 4.30. The third-order valence-corrected chi connectivity index (χ3v) is 18.3. The number of rotatable bonds is 76. The van der Waals surface area contributed by atoms with E-state index in [9.17, 15) is 43.2 Å². The molecule has 5 atom stereocenters. The number of phosphoric acid groups is 2. The van der Waals surface area contributed by atoms with E-state index in [0.29, 0.717) is 32.1 Å². The summed E-state index contributed by atoms with van der Waals surface area (Å²) < 4.78 is 68.6. The molecule has 0 rings (SSSR count). The SMILES string of the molecule is CC/C=C\C/C=C\C/C=C\C/C=C\C/C=C\C/C=C\CCC(=O)OCC(COP(=O)(O)OCC(O)COP(=O)(O)OCC(COC(=O)CCCCC/C=C\C/C=C\C/C=C\C/C=C\C/C=C\CC)OC(=O)CCCCCCC/C=C\C/C=C\CCCCC)OC(=O)CCCCC/C=C\C/C=C\C/C=C\C/C=C\C/C=C\CC. The highest BCUT2D eigenvalue weighted by Crippen LogP contribution is 2.45. The number of carbonyl (C=O) groups is 4. The molecule has 0 saturated carbocycles. The first-order valence-electron chi connectivity index (χ1n) is 42.0. The fourth-order valence-corrected chi connectivity index (χ4v) is 11.7. The Morgan fingerprint density at radius 1 is 0.259 bits per heavy atom. The molecule has 0 fully saturated rings. The van der Waals surface area contributed by atoms with Crippen molar-refractivity contribution in [1.29, 1.82) is 0 Å². The smallest absolute Gasteiger partial charge is 0.462 e. The van der Waals surface area contributed by atoms with Crippen LogP contribution in [0.15, 0.2) is 219 Å². The van der Waals surface area contributed by atoms with E-state index in [1.54, 1.807) is 0 Å². The molecule has 0 heterocycles. The molecule has 0 aromatic heterocycles. The molecule has 0 aromatic carbocycles. The molecule has 0 saturated heterocycles. The van der Waals surface area contributed by atoms with Crippen LogP contribution in [0.4, 0.5) is 0 Å². The topological polar surface area (TPSA) is 237 Å². The fraction of sp³-hybridized carbons (Fsp3) is 0.570. The van der Waals surface area contributed by atoms with Crippen LogP contribution in [0, 0.1) is 0 Å². The zero-order valence-corrected chi connectivity index (χ0v) is 70.8. The summed E-state index contributed by atoms with van der Waals surface area (Å²) >= 11 is 0. The van der Waals surface area contributed by atoms with E-state index in [1.807, 2.05) is 18.2 Å². The number of esters is 4. The molecular weight excluding hydrogens is 1450 g/mol. The highest BCUT2D eigenvalue weighted by atomic mass is 31.2. The second-order valence-electron chi connectivity index (χ2n) is 26.9. The highest BCUT2D eigenvalue weighted by Gasteiger charge is 2.30. The molecule has 0 bridgehead atoms. The monoisotopic (exact) mass is 1600 g/mol. The minimum Gasteiger partial charge on any atom is -0.462 e. The Kier molecular flexibility index (Phi) is 77.5. The van der Waals surface area contributed by atoms with Crippen LogP contribution in [-0.2, 0) is 65.4 Å². The number of hydrogen-bond acceptors (Lipinski definition) is 15. The number of allylic oxidation sites excluding steroid dienone is 36. The average molecular weight is 1600 g/mol. The van der Waals surface area contributed by atoms with Crippen molar-refractivity contribution in [3.8, 4) is 0 Å². The summed E-state index contributed by atoms with van der Waals surface area (Å²) in [6, 6.07) is 0. The molecule has 0 aliphatic carbocycles. The van der Waals surface area contributed by atoms with E-state index in [-0.39, 0.29) is 25.7 Å². The van der Waals surface area contributed by atoms with E-state index < -0.39 is 97.5 Å². The Balaban J connectivity index is 5.56. The van der Waals surface area contributed by atoms with E-state index in [1.165, 1.54) is 19.3 Å². The van der Waals surface area contributed by atoms with Gasteiger partial charge < -0.3 is 33.8 Å². The fourth-order valence-electron chi connectivity index (χ4n) is 10.2. The van der Waals surface area contributed by atoms with Crippen molar-refractivity contribution >= 4 is 39.5 Å². The van der Waals surface area contributed by atoms with Crippen LogP contribution in [0.1, 0.15) is 285 Å². The highest BCUT2D eigenvalue weighted by molar-refractivity contribution is 7.47. The van der Waals surface area contributed by atoms with Crippen molar-refractivity contribution in [3.05, 3.63) is 219 Å². The molecule has 3 N–H and O–H groups in total. The van der Waals surface area contributed by atoms with E-state index in [4.69, 9.17) is 37.0 Å². The quantitative estimate of drug-likeness (QED) is 0.0169. The molecule has 5 unspecified atom stereocenters. The number of hydrogen-bond donors (Lipinski definition) is 3. The van der Waals surface area contributed by atoms with Crippen LogP contribution in [0.3, 0.4) is 0 Å². The second-order valence-corrected chi connectivity index (χ2v) is 29.8. The van der Waals surface area contributed by atoms with Gasteiger partial charge in [-0.25, -0.2) is 9.13 Å². The molecule has 19 heteroatoms. The molecule has 0 aliphatic heterocycles. The van der Waals surface area contributed by atoms with Crippen LogP contribution >= 0.6 is 15.6 Å². The predicted molar refractivity (Wildman–Crippen MR) is 463 cm³/mol. The minimum absolute atomic E-state index is 0.0181. The summed E-state index contributed by atoms with van der Waals surface area (Å²) in [4.78, 5) is 73.2. The Morgan fingerprint density at radius 3 is 0.777 bits per heavy atom. The lowest BCUT2D eigenvalue weighted by atomic mass is 10.1. The predicted octanol–water partition coefficient (Wildman–Crippen LogP) is 25.2. The Morgan fingerprint density at radius 2 is 0.482 bits per heavy atom. The summed E-state index contributed by atoms with van der Waals surface area (Å²) in [5, 5.41) is 10.7.